The SMILES string of the molecule is Cc1ccc(S(=O)N2CC(CO)(COc3ccc(C#N)c(F)c3)C2)cc1. The lowest BCUT2D eigenvalue weighted by atomic mass is 9.83. The van der Waals surface area contributed by atoms with Crippen LogP contribution in [0, 0.1) is 29.5 Å². The van der Waals surface area contributed by atoms with Crippen molar-refractivity contribution in [2.45, 2.75) is 11.8 Å². The summed E-state index contributed by atoms with van der Waals surface area (Å²) >= 11 is 0. The first-order valence-electron chi connectivity index (χ1n) is 8.13. The highest BCUT2D eigenvalue weighted by atomic mass is 32.2. The summed E-state index contributed by atoms with van der Waals surface area (Å²) in [5.74, 6) is -0.341. The number of aryl methyl sites for hydroxylation is 1. The van der Waals surface area contributed by atoms with Gasteiger partial charge in [0.15, 0.2) is 0 Å². The quantitative estimate of drug-likeness (QED) is 0.843. The average Bonchev–Trinajstić information content (AvgIpc) is 2.61. The van der Waals surface area contributed by atoms with E-state index in [4.69, 9.17) is 10.00 Å². The highest BCUT2D eigenvalue weighted by Gasteiger charge is 2.46. The van der Waals surface area contributed by atoms with Gasteiger partial charge in [0.25, 0.3) is 0 Å². The number of nitrogens with zero attached hydrogens (tertiary/aromatic N) is 2. The van der Waals surface area contributed by atoms with Crippen LogP contribution in [0.25, 0.3) is 0 Å². The van der Waals surface area contributed by atoms with Gasteiger partial charge < -0.3 is 9.84 Å². The van der Waals surface area contributed by atoms with Gasteiger partial charge in [-0.3, -0.25) is 0 Å². The molecule has 2 aromatic carbocycles. The van der Waals surface area contributed by atoms with E-state index < -0.39 is 22.2 Å². The highest BCUT2D eigenvalue weighted by molar-refractivity contribution is 7.82. The van der Waals surface area contributed by atoms with E-state index in [2.05, 4.69) is 0 Å². The molecular formula is C19H19FN2O3S. The molecule has 1 fully saturated rings. The topological polar surface area (TPSA) is 73.6 Å². The number of hydrogen-bond acceptors (Lipinski definition) is 4. The monoisotopic (exact) mass is 374 g/mol. The molecule has 7 heteroatoms. The average molecular weight is 374 g/mol. The molecule has 2 aromatic rings. The third-order valence-electron chi connectivity index (χ3n) is 4.42. The summed E-state index contributed by atoms with van der Waals surface area (Å²) in [6.07, 6.45) is 0. The fourth-order valence-corrected chi connectivity index (χ4v) is 4.22. The smallest absolute Gasteiger partial charge is 0.144 e. The third-order valence-corrected chi connectivity index (χ3v) is 5.82. The molecule has 0 radical (unpaired) electrons. The van der Waals surface area contributed by atoms with Crippen molar-refractivity contribution in [1.29, 1.82) is 5.26 Å². The van der Waals surface area contributed by atoms with E-state index in [-0.39, 0.29) is 18.8 Å². The van der Waals surface area contributed by atoms with Crippen molar-refractivity contribution in [3.63, 3.8) is 0 Å². The minimum atomic E-state index is -1.28. The molecule has 26 heavy (non-hydrogen) atoms. The van der Waals surface area contributed by atoms with Crippen molar-refractivity contribution >= 4 is 11.0 Å². The van der Waals surface area contributed by atoms with Crippen LogP contribution < -0.4 is 4.74 Å². The van der Waals surface area contributed by atoms with Crippen LogP contribution >= 0.6 is 0 Å². The summed E-state index contributed by atoms with van der Waals surface area (Å²) in [6.45, 7) is 2.87. The number of halogens is 1. The summed E-state index contributed by atoms with van der Waals surface area (Å²) in [7, 11) is -1.28. The summed E-state index contributed by atoms with van der Waals surface area (Å²) in [4.78, 5) is 0.720. The number of hydrogen-bond donors (Lipinski definition) is 1. The van der Waals surface area contributed by atoms with Crippen molar-refractivity contribution in [2.24, 2.45) is 5.41 Å². The number of rotatable bonds is 6. The zero-order chi connectivity index (χ0) is 18.7. The lowest BCUT2D eigenvalue weighted by Crippen LogP contribution is -2.61. The molecule has 0 amide bonds. The van der Waals surface area contributed by atoms with E-state index >= 15 is 0 Å². The molecule has 5 nitrogen and oxygen atoms in total. The number of aliphatic hydroxyl groups is 1. The molecule has 0 aliphatic carbocycles. The van der Waals surface area contributed by atoms with Crippen LogP contribution in [0.4, 0.5) is 4.39 Å². The molecule has 1 aliphatic heterocycles. The fraction of sp³-hybridized carbons (Fsp3) is 0.316. The Hall–Kier alpha value is -2.27. The lowest BCUT2D eigenvalue weighted by molar-refractivity contribution is -0.0250. The van der Waals surface area contributed by atoms with Crippen LogP contribution in [-0.2, 0) is 11.0 Å². The maximum Gasteiger partial charge on any atom is 0.144 e. The van der Waals surface area contributed by atoms with Gasteiger partial charge in [0.2, 0.25) is 0 Å². The molecule has 3 rings (SSSR count). The van der Waals surface area contributed by atoms with Crippen LogP contribution in [0.15, 0.2) is 47.4 Å². The molecule has 1 atom stereocenters. The third kappa shape index (κ3) is 3.78. The van der Waals surface area contributed by atoms with Crippen molar-refractivity contribution < 1.29 is 18.4 Å². The maximum atomic E-state index is 13.6. The van der Waals surface area contributed by atoms with Crippen molar-refractivity contribution in [2.75, 3.05) is 26.3 Å². The van der Waals surface area contributed by atoms with E-state index in [0.29, 0.717) is 18.8 Å². The number of nitriles is 1. The Labute approximate surface area is 154 Å². The Balaban J connectivity index is 1.60. The number of ether oxygens (including phenoxy) is 1. The second-order valence-electron chi connectivity index (χ2n) is 6.56. The van der Waals surface area contributed by atoms with Crippen LogP contribution in [0.3, 0.4) is 0 Å². The van der Waals surface area contributed by atoms with Crippen LogP contribution in [0.1, 0.15) is 11.1 Å². The first-order valence-corrected chi connectivity index (χ1v) is 9.24. The van der Waals surface area contributed by atoms with Gasteiger partial charge in [-0.05, 0) is 31.2 Å². The van der Waals surface area contributed by atoms with Gasteiger partial charge >= 0.3 is 0 Å². The van der Waals surface area contributed by atoms with E-state index in [0.717, 1.165) is 16.5 Å². The molecule has 0 aromatic heterocycles. The molecular weight excluding hydrogens is 355 g/mol. The van der Waals surface area contributed by atoms with Crippen molar-refractivity contribution in [1.82, 2.24) is 4.31 Å². The Morgan fingerprint density at radius 3 is 2.58 bits per heavy atom. The molecule has 136 valence electrons. The predicted molar refractivity (Wildman–Crippen MR) is 95.3 cm³/mol. The zero-order valence-corrected chi connectivity index (χ0v) is 15.1. The predicted octanol–water partition coefficient (Wildman–Crippen LogP) is 2.40. The molecule has 0 spiro atoms. The second-order valence-corrected chi connectivity index (χ2v) is 8.05. The molecule has 1 heterocycles. The van der Waals surface area contributed by atoms with Crippen molar-refractivity contribution in [3.8, 4) is 11.8 Å². The number of aliphatic hydroxyl groups excluding tert-OH is 1. The van der Waals surface area contributed by atoms with Gasteiger partial charge in [-0.25, -0.2) is 12.9 Å². The van der Waals surface area contributed by atoms with Gasteiger partial charge in [0, 0.05) is 19.2 Å². The maximum absolute atomic E-state index is 13.6. The van der Waals surface area contributed by atoms with Gasteiger partial charge in [0.1, 0.15) is 28.6 Å². The minimum Gasteiger partial charge on any atom is -0.493 e. The van der Waals surface area contributed by atoms with Crippen LogP contribution in [0.2, 0.25) is 0 Å². The number of benzene rings is 2. The summed E-state index contributed by atoms with van der Waals surface area (Å²) in [5.41, 5.74) is 0.518. The molecule has 0 saturated carbocycles. The summed E-state index contributed by atoms with van der Waals surface area (Å²) in [5, 5.41) is 18.5. The molecule has 1 aliphatic rings. The van der Waals surface area contributed by atoms with E-state index in [9.17, 15) is 13.7 Å². The van der Waals surface area contributed by atoms with Crippen LogP contribution in [-0.4, -0.2) is 39.9 Å². The minimum absolute atomic E-state index is 0.0439. The standard InChI is InChI=1S/C19H19FN2O3S/c1-14-2-6-17(7-3-14)26(24)22-10-19(11-22,12-23)13-25-16-5-4-15(9-21)18(20)8-16/h2-8,23H,10-13H2,1H3. The largest absolute Gasteiger partial charge is 0.493 e. The first-order chi connectivity index (χ1) is 12.5. The Morgan fingerprint density at radius 2 is 2.00 bits per heavy atom. The molecule has 1 N–H and O–H groups in total. The fourth-order valence-electron chi connectivity index (χ4n) is 2.77. The summed E-state index contributed by atoms with van der Waals surface area (Å²) < 4.78 is 33.6. The second kappa shape index (κ2) is 7.54. The summed E-state index contributed by atoms with van der Waals surface area (Å²) in [6, 6.07) is 13.3. The highest BCUT2D eigenvalue weighted by Crippen LogP contribution is 2.34. The van der Waals surface area contributed by atoms with E-state index in [1.807, 2.05) is 31.2 Å². The van der Waals surface area contributed by atoms with Crippen LogP contribution in [0.5, 0.6) is 5.75 Å². The Morgan fingerprint density at radius 1 is 1.31 bits per heavy atom. The molecule has 1 unspecified atom stereocenters. The van der Waals surface area contributed by atoms with E-state index in [1.54, 1.807) is 10.4 Å². The molecule has 0 bridgehead atoms. The zero-order valence-electron chi connectivity index (χ0n) is 14.3. The normalized spacial score (nSPS) is 17.2. The van der Waals surface area contributed by atoms with E-state index in [1.165, 1.54) is 12.1 Å². The lowest BCUT2D eigenvalue weighted by Gasteiger charge is -2.47. The van der Waals surface area contributed by atoms with Gasteiger partial charge in [0.05, 0.1) is 29.1 Å². The Kier molecular flexibility index (Phi) is 5.37. The van der Waals surface area contributed by atoms with Gasteiger partial charge in [-0.2, -0.15) is 5.26 Å². The Bertz CT molecular complexity index is 858. The van der Waals surface area contributed by atoms with Crippen molar-refractivity contribution in [3.05, 3.63) is 59.4 Å². The first kappa shape index (κ1) is 18.5. The van der Waals surface area contributed by atoms with Gasteiger partial charge in [-0.1, -0.05) is 17.7 Å². The van der Waals surface area contributed by atoms with Gasteiger partial charge in [-0.15, -0.1) is 0 Å². The molecule has 1 saturated heterocycles.